The van der Waals surface area contributed by atoms with E-state index in [-0.39, 0.29) is 34.4 Å². The number of Topliss-reactive ketones (excluding diaryl/α,β-unsaturated/α-hetero) is 1. The molecule has 142 valence electrons. The SMILES string of the molecule is CC1(C)CC(=O)c2cc(C(=O)Nc3cccc(C(F)(F)F)c3)c(=O)[nH]c2C1. The first-order valence-electron chi connectivity index (χ1n) is 8.24. The average molecular weight is 378 g/mol. The molecule has 0 fully saturated rings. The van der Waals surface area contributed by atoms with Crippen molar-refractivity contribution in [1.29, 1.82) is 0 Å². The Kier molecular flexibility index (Phi) is 4.45. The van der Waals surface area contributed by atoms with E-state index in [0.717, 1.165) is 18.2 Å². The summed E-state index contributed by atoms with van der Waals surface area (Å²) in [6.45, 7) is 3.81. The van der Waals surface area contributed by atoms with Crippen molar-refractivity contribution in [3.8, 4) is 0 Å². The number of hydrogen-bond donors (Lipinski definition) is 2. The summed E-state index contributed by atoms with van der Waals surface area (Å²) in [4.78, 5) is 39.5. The molecule has 1 aliphatic rings. The Balaban J connectivity index is 1.92. The summed E-state index contributed by atoms with van der Waals surface area (Å²) in [5.41, 5.74) is -1.59. The van der Waals surface area contributed by atoms with Crippen LogP contribution in [0.4, 0.5) is 18.9 Å². The molecule has 0 saturated carbocycles. The van der Waals surface area contributed by atoms with Crippen molar-refractivity contribution in [3.05, 3.63) is 63.1 Å². The molecule has 8 heteroatoms. The standard InChI is InChI=1S/C19H17F3N2O3/c1-18(2)8-14-12(15(25)9-18)7-13(17(27)24-14)16(26)23-11-5-3-4-10(6-11)19(20,21)22/h3-7H,8-9H2,1-2H3,(H,23,26)(H,24,27). The van der Waals surface area contributed by atoms with Gasteiger partial charge in [0.25, 0.3) is 11.5 Å². The number of amides is 1. The predicted octanol–water partition coefficient (Wildman–Crippen LogP) is 3.80. The molecule has 1 heterocycles. The Labute approximate surface area is 152 Å². The van der Waals surface area contributed by atoms with Crippen LogP contribution in [0, 0.1) is 5.41 Å². The molecule has 1 aromatic heterocycles. The molecule has 2 N–H and O–H groups in total. The van der Waals surface area contributed by atoms with Crippen LogP contribution in [-0.4, -0.2) is 16.7 Å². The minimum absolute atomic E-state index is 0.0978. The molecule has 0 atom stereocenters. The number of carbonyl (C=O) groups is 2. The van der Waals surface area contributed by atoms with E-state index in [2.05, 4.69) is 10.3 Å². The molecule has 1 aromatic carbocycles. The molecule has 3 rings (SSSR count). The van der Waals surface area contributed by atoms with Gasteiger partial charge < -0.3 is 10.3 Å². The number of aromatic amines is 1. The zero-order chi connectivity index (χ0) is 20.0. The summed E-state index contributed by atoms with van der Waals surface area (Å²) in [6, 6.07) is 5.31. The fraction of sp³-hybridized carbons (Fsp3) is 0.316. The number of nitrogens with one attached hydrogen (secondary N) is 2. The molecule has 5 nitrogen and oxygen atoms in total. The summed E-state index contributed by atoms with van der Waals surface area (Å²) in [7, 11) is 0. The van der Waals surface area contributed by atoms with Crippen molar-refractivity contribution in [3.63, 3.8) is 0 Å². The van der Waals surface area contributed by atoms with Crippen molar-refractivity contribution in [2.75, 3.05) is 5.32 Å². The zero-order valence-electron chi connectivity index (χ0n) is 14.7. The molecule has 0 unspecified atom stereocenters. The van der Waals surface area contributed by atoms with Gasteiger partial charge in [-0.2, -0.15) is 13.2 Å². The molecule has 1 amide bonds. The number of fused-ring (bicyclic) bond motifs is 1. The maximum atomic E-state index is 12.8. The Hall–Kier alpha value is -2.90. The largest absolute Gasteiger partial charge is 0.416 e. The Morgan fingerprint density at radius 1 is 1.15 bits per heavy atom. The van der Waals surface area contributed by atoms with E-state index in [1.807, 2.05) is 13.8 Å². The highest BCUT2D eigenvalue weighted by Gasteiger charge is 2.33. The van der Waals surface area contributed by atoms with Gasteiger partial charge in [-0.3, -0.25) is 14.4 Å². The van der Waals surface area contributed by atoms with E-state index in [0.29, 0.717) is 12.1 Å². The van der Waals surface area contributed by atoms with Gasteiger partial charge in [0.15, 0.2) is 5.78 Å². The third-order valence-corrected chi connectivity index (χ3v) is 4.41. The number of anilines is 1. The van der Waals surface area contributed by atoms with E-state index in [9.17, 15) is 27.6 Å². The van der Waals surface area contributed by atoms with Crippen LogP contribution in [0.25, 0.3) is 0 Å². The van der Waals surface area contributed by atoms with Crippen molar-refractivity contribution in [2.24, 2.45) is 5.41 Å². The fourth-order valence-corrected chi connectivity index (χ4v) is 3.17. The average Bonchev–Trinajstić information content (AvgIpc) is 2.52. The minimum atomic E-state index is -4.55. The van der Waals surface area contributed by atoms with Crippen molar-refractivity contribution in [1.82, 2.24) is 4.98 Å². The third kappa shape index (κ3) is 3.94. The number of hydrogen-bond acceptors (Lipinski definition) is 3. The highest BCUT2D eigenvalue weighted by atomic mass is 19.4. The topological polar surface area (TPSA) is 79.0 Å². The number of H-pyrrole nitrogens is 1. The quantitative estimate of drug-likeness (QED) is 0.834. The number of pyridine rings is 1. The fourth-order valence-electron chi connectivity index (χ4n) is 3.17. The maximum Gasteiger partial charge on any atom is 0.416 e. The number of ketones is 1. The molecule has 0 spiro atoms. The van der Waals surface area contributed by atoms with Crippen LogP contribution in [0.2, 0.25) is 0 Å². The van der Waals surface area contributed by atoms with E-state index in [4.69, 9.17) is 0 Å². The van der Waals surface area contributed by atoms with Crippen molar-refractivity contribution in [2.45, 2.75) is 32.9 Å². The normalized spacial score (nSPS) is 16.0. The zero-order valence-corrected chi connectivity index (χ0v) is 14.7. The van der Waals surface area contributed by atoms with Crippen LogP contribution >= 0.6 is 0 Å². The highest BCUT2D eigenvalue weighted by molar-refractivity contribution is 6.06. The molecular weight excluding hydrogens is 361 g/mol. The van der Waals surface area contributed by atoms with Crippen LogP contribution in [0.3, 0.4) is 0 Å². The van der Waals surface area contributed by atoms with Crippen LogP contribution in [0.15, 0.2) is 35.1 Å². The number of alkyl halides is 3. The smallest absolute Gasteiger partial charge is 0.325 e. The molecule has 27 heavy (non-hydrogen) atoms. The summed E-state index contributed by atoms with van der Waals surface area (Å²) in [6.07, 6.45) is -3.79. The third-order valence-electron chi connectivity index (χ3n) is 4.41. The van der Waals surface area contributed by atoms with Gasteiger partial charge in [-0.15, -0.1) is 0 Å². The predicted molar refractivity (Wildman–Crippen MR) is 92.9 cm³/mol. The minimum Gasteiger partial charge on any atom is -0.325 e. The van der Waals surface area contributed by atoms with Gasteiger partial charge in [0, 0.05) is 23.4 Å². The summed E-state index contributed by atoms with van der Waals surface area (Å²) < 4.78 is 38.3. The maximum absolute atomic E-state index is 12.8. The van der Waals surface area contributed by atoms with Gasteiger partial charge >= 0.3 is 6.18 Å². The first-order valence-corrected chi connectivity index (χ1v) is 8.24. The lowest BCUT2D eigenvalue weighted by atomic mass is 9.75. The first-order chi connectivity index (χ1) is 12.5. The van der Waals surface area contributed by atoms with Gasteiger partial charge in [0.2, 0.25) is 0 Å². The van der Waals surface area contributed by atoms with Crippen LogP contribution in [-0.2, 0) is 12.6 Å². The monoisotopic (exact) mass is 378 g/mol. The van der Waals surface area contributed by atoms with Crippen molar-refractivity contribution >= 4 is 17.4 Å². The van der Waals surface area contributed by atoms with E-state index < -0.39 is 23.2 Å². The van der Waals surface area contributed by atoms with Gasteiger partial charge in [-0.05, 0) is 36.1 Å². The second kappa shape index (κ2) is 6.37. The highest BCUT2D eigenvalue weighted by Crippen LogP contribution is 2.33. The van der Waals surface area contributed by atoms with Crippen LogP contribution in [0.5, 0.6) is 0 Å². The molecular formula is C19H17F3N2O3. The molecule has 2 aromatic rings. The van der Waals surface area contributed by atoms with Crippen LogP contribution < -0.4 is 10.9 Å². The molecule has 1 aliphatic carbocycles. The summed E-state index contributed by atoms with van der Waals surface area (Å²) in [5.74, 6) is -1.07. The summed E-state index contributed by atoms with van der Waals surface area (Å²) >= 11 is 0. The lowest BCUT2D eigenvalue weighted by Crippen LogP contribution is -2.32. The molecule has 0 saturated heterocycles. The lowest BCUT2D eigenvalue weighted by molar-refractivity contribution is -0.137. The Morgan fingerprint density at radius 3 is 2.52 bits per heavy atom. The first kappa shape index (κ1) is 18.9. The van der Waals surface area contributed by atoms with E-state index in [1.165, 1.54) is 12.1 Å². The lowest BCUT2D eigenvalue weighted by Gasteiger charge is -2.29. The molecule has 0 aliphatic heterocycles. The summed E-state index contributed by atoms with van der Waals surface area (Å²) in [5, 5.41) is 2.28. The van der Waals surface area contributed by atoms with Gasteiger partial charge in [-0.1, -0.05) is 19.9 Å². The Morgan fingerprint density at radius 2 is 1.85 bits per heavy atom. The number of aromatic nitrogens is 1. The second-order valence-electron chi connectivity index (χ2n) is 7.38. The number of halogens is 3. The van der Waals surface area contributed by atoms with Crippen molar-refractivity contribution < 1.29 is 22.8 Å². The number of carbonyl (C=O) groups excluding carboxylic acids is 2. The van der Waals surface area contributed by atoms with Gasteiger partial charge in [-0.25, -0.2) is 0 Å². The molecule has 0 bridgehead atoms. The van der Waals surface area contributed by atoms with E-state index in [1.54, 1.807) is 0 Å². The van der Waals surface area contributed by atoms with Crippen LogP contribution in [0.1, 0.15) is 52.2 Å². The second-order valence-corrected chi connectivity index (χ2v) is 7.38. The van der Waals surface area contributed by atoms with Gasteiger partial charge in [0.1, 0.15) is 5.56 Å². The Bertz CT molecular complexity index is 990. The van der Waals surface area contributed by atoms with E-state index >= 15 is 0 Å². The molecule has 0 radical (unpaired) electrons. The van der Waals surface area contributed by atoms with Gasteiger partial charge in [0.05, 0.1) is 5.56 Å². The number of rotatable bonds is 2. The number of benzene rings is 1.